The van der Waals surface area contributed by atoms with Crippen molar-refractivity contribution >= 4 is 12.1 Å². The molecule has 0 spiro atoms. The summed E-state index contributed by atoms with van der Waals surface area (Å²) < 4.78 is 9.67. The molecule has 1 N–H and O–H groups in total. The van der Waals surface area contributed by atoms with Gasteiger partial charge in [-0.1, -0.05) is 25.1 Å². The third kappa shape index (κ3) is 4.55. The number of carboxylic acids is 1. The second-order valence-electron chi connectivity index (χ2n) is 3.38. The van der Waals surface area contributed by atoms with Gasteiger partial charge in [0.15, 0.2) is 0 Å². The predicted octanol–water partition coefficient (Wildman–Crippen LogP) is 2.24. The van der Waals surface area contributed by atoms with Crippen molar-refractivity contribution in [2.75, 3.05) is 6.61 Å². The highest BCUT2D eigenvalue weighted by Crippen LogP contribution is 2.19. The van der Waals surface area contributed by atoms with Crippen LogP contribution in [0.25, 0.3) is 0 Å². The molecule has 0 unspecified atom stereocenters. The van der Waals surface area contributed by atoms with Crippen LogP contribution in [0.15, 0.2) is 24.3 Å². The number of ether oxygens (including phenoxy) is 2. The highest BCUT2D eigenvalue weighted by Gasteiger charge is 2.11. The van der Waals surface area contributed by atoms with E-state index >= 15 is 0 Å². The molecule has 17 heavy (non-hydrogen) atoms. The summed E-state index contributed by atoms with van der Waals surface area (Å²) in [6.45, 7) is 2.14. The van der Waals surface area contributed by atoms with Crippen LogP contribution in [-0.2, 0) is 16.0 Å². The zero-order valence-electron chi connectivity index (χ0n) is 9.51. The monoisotopic (exact) mass is 238 g/mol. The lowest BCUT2D eigenvalue weighted by Gasteiger charge is -2.08. The molecule has 5 nitrogen and oxygen atoms in total. The van der Waals surface area contributed by atoms with E-state index in [1.807, 2.05) is 6.92 Å². The van der Waals surface area contributed by atoms with Gasteiger partial charge in [0, 0.05) is 5.56 Å². The smallest absolute Gasteiger partial charge is 0.481 e. The molecule has 92 valence electrons. The minimum atomic E-state index is -0.983. The first-order chi connectivity index (χ1) is 8.13. The van der Waals surface area contributed by atoms with Crippen molar-refractivity contribution in [3.8, 4) is 5.75 Å². The van der Waals surface area contributed by atoms with E-state index in [0.717, 1.165) is 0 Å². The molecule has 0 fully saturated rings. The van der Waals surface area contributed by atoms with Gasteiger partial charge in [-0.3, -0.25) is 4.79 Å². The largest absolute Gasteiger partial charge is 0.513 e. The van der Waals surface area contributed by atoms with Crippen LogP contribution in [0.4, 0.5) is 4.79 Å². The van der Waals surface area contributed by atoms with Gasteiger partial charge in [0.05, 0.1) is 13.0 Å². The van der Waals surface area contributed by atoms with Crippen LogP contribution in [-0.4, -0.2) is 23.8 Å². The maximum Gasteiger partial charge on any atom is 0.513 e. The Kier molecular flexibility index (Phi) is 5.00. The van der Waals surface area contributed by atoms with Gasteiger partial charge in [0.25, 0.3) is 0 Å². The van der Waals surface area contributed by atoms with E-state index in [2.05, 4.69) is 0 Å². The molecule has 0 radical (unpaired) electrons. The number of para-hydroxylation sites is 1. The van der Waals surface area contributed by atoms with Crippen molar-refractivity contribution in [1.29, 1.82) is 0 Å². The van der Waals surface area contributed by atoms with Crippen molar-refractivity contribution in [3.05, 3.63) is 29.8 Å². The Hall–Kier alpha value is -2.04. The molecule has 0 amide bonds. The first kappa shape index (κ1) is 13.0. The Labute approximate surface area is 99.0 Å². The van der Waals surface area contributed by atoms with Crippen molar-refractivity contribution in [2.24, 2.45) is 0 Å². The first-order valence-electron chi connectivity index (χ1n) is 5.27. The Bertz CT molecular complexity index is 400. The Morgan fingerprint density at radius 1 is 1.29 bits per heavy atom. The second kappa shape index (κ2) is 6.52. The van der Waals surface area contributed by atoms with Crippen LogP contribution in [0.3, 0.4) is 0 Å². The number of carbonyl (C=O) groups excluding carboxylic acids is 1. The zero-order chi connectivity index (χ0) is 12.7. The molecule has 0 aliphatic carbocycles. The number of benzene rings is 1. The number of aliphatic carboxylic acids is 1. The Balaban J connectivity index is 2.69. The molecule has 0 aliphatic heterocycles. The normalized spacial score (nSPS) is 9.71. The third-order valence-corrected chi connectivity index (χ3v) is 1.93. The highest BCUT2D eigenvalue weighted by atomic mass is 16.7. The van der Waals surface area contributed by atoms with Crippen LogP contribution < -0.4 is 4.74 Å². The van der Waals surface area contributed by atoms with Crippen molar-refractivity contribution in [1.82, 2.24) is 0 Å². The van der Waals surface area contributed by atoms with Crippen LogP contribution in [0, 0.1) is 0 Å². The van der Waals surface area contributed by atoms with Gasteiger partial charge in [0.2, 0.25) is 0 Å². The SMILES string of the molecule is CCCOC(=O)Oc1ccccc1CC(=O)O. The number of rotatable bonds is 5. The summed E-state index contributed by atoms with van der Waals surface area (Å²) in [6.07, 6.45) is -0.312. The second-order valence-corrected chi connectivity index (χ2v) is 3.38. The lowest BCUT2D eigenvalue weighted by atomic mass is 10.1. The van der Waals surface area contributed by atoms with Crippen LogP contribution in [0.5, 0.6) is 5.75 Å². The highest BCUT2D eigenvalue weighted by molar-refractivity contribution is 5.72. The number of carboxylic acid groups (broad SMARTS) is 1. The molecule has 0 atom stereocenters. The van der Waals surface area contributed by atoms with Gasteiger partial charge >= 0.3 is 12.1 Å². The fraction of sp³-hybridized carbons (Fsp3) is 0.333. The minimum absolute atomic E-state index is 0.197. The van der Waals surface area contributed by atoms with E-state index in [1.54, 1.807) is 18.2 Å². The lowest BCUT2D eigenvalue weighted by Crippen LogP contribution is -2.13. The molecule has 0 bridgehead atoms. The molecule has 5 heteroatoms. The Morgan fingerprint density at radius 2 is 2.00 bits per heavy atom. The average molecular weight is 238 g/mol. The summed E-state index contributed by atoms with van der Waals surface area (Å²) in [5.41, 5.74) is 0.438. The van der Waals surface area contributed by atoms with Gasteiger partial charge in [0.1, 0.15) is 5.75 Å². The van der Waals surface area contributed by atoms with Gasteiger partial charge in [-0.2, -0.15) is 0 Å². The molecule has 0 aromatic heterocycles. The molecule has 0 heterocycles. The van der Waals surface area contributed by atoms with Crippen molar-refractivity contribution in [3.63, 3.8) is 0 Å². The van der Waals surface area contributed by atoms with Gasteiger partial charge in [-0.05, 0) is 12.5 Å². The summed E-state index contributed by atoms with van der Waals surface area (Å²) in [5, 5.41) is 8.70. The fourth-order valence-corrected chi connectivity index (χ4v) is 1.22. The topological polar surface area (TPSA) is 72.8 Å². The minimum Gasteiger partial charge on any atom is -0.481 e. The van der Waals surface area contributed by atoms with Crippen LogP contribution in [0.1, 0.15) is 18.9 Å². The lowest BCUT2D eigenvalue weighted by molar-refractivity contribution is -0.136. The number of carbonyl (C=O) groups is 2. The van der Waals surface area contributed by atoms with Crippen molar-refractivity contribution in [2.45, 2.75) is 19.8 Å². The van der Waals surface area contributed by atoms with Crippen molar-refractivity contribution < 1.29 is 24.2 Å². The standard InChI is InChI=1S/C12H14O5/c1-2-7-16-12(15)17-10-6-4-3-5-9(10)8-11(13)14/h3-6H,2,7-8H2,1H3,(H,13,14). The maximum atomic E-state index is 11.2. The van der Waals surface area contributed by atoms with E-state index < -0.39 is 12.1 Å². The van der Waals surface area contributed by atoms with E-state index in [4.69, 9.17) is 14.6 Å². The molecular formula is C12H14O5. The maximum absolute atomic E-state index is 11.2. The van der Waals surface area contributed by atoms with E-state index in [1.165, 1.54) is 6.07 Å². The summed E-state index contributed by atoms with van der Waals surface area (Å²) >= 11 is 0. The molecule has 0 aliphatic rings. The molecule has 0 saturated heterocycles. The van der Waals surface area contributed by atoms with Gasteiger partial charge in [-0.15, -0.1) is 0 Å². The van der Waals surface area contributed by atoms with Gasteiger partial charge < -0.3 is 14.6 Å². The fourth-order valence-electron chi connectivity index (χ4n) is 1.22. The summed E-state index contributed by atoms with van der Waals surface area (Å²) in [5.74, 6) is -0.765. The number of hydrogen-bond donors (Lipinski definition) is 1. The molecule has 0 saturated carbocycles. The predicted molar refractivity (Wildman–Crippen MR) is 60.0 cm³/mol. The molecular weight excluding hydrogens is 224 g/mol. The van der Waals surface area contributed by atoms with Crippen LogP contribution in [0.2, 0.25) is 0 Å². The molecule has 1 aromatic carbocycles. The molecule has 1 rings (SSSR count). The average Bonchev–Trinajstić information content (AvgIpc) is 2.28. The Morgan fingerprint density at radius 3 is 2.65 bits per heavy atom. The summed E-state index contributed by atoms with van der Waals surface area (Å²) in [7, 11) is 0. The number of hydrogen-bond acceptors (Lipinski definition) is 4. The zero-order valence-corrected chi connectivity index (χ0v) is 9.51. The first-order valence-corrected chi connectivity index (χ1v) is 5.27. The quantitative estimate of drug-likeness (QED) is 0.629. The van der Waals surface area contributed by atoms with E-state index in [0.29, 0.717) is 12.0 Å². The van der Waals surface area contributed by atoms with Crippen LogP contribution >= 0.6 is 0 Å². The third-order valence-electron chi connectivity index (χ3n) is 1.93. The molecule has 1 aromatic rings. The van der Waals surface area contributed by atoms with E-state index in [-0.39, 0.29) is 18.8 Å². The van der Waals surface area contributed by atoms with Gasteiger partial charge in [-0.25, -0.2) is 4.79 Å². The van der Waals surface area contributed by atoms with E-state index in [9.17, 15) is 9.59 Å². The summed E-state index contributed by atoms with van der Waals surface area (Å²) in [6, 6.07) is 6.47. The summed E-state index contributed by atoms with van der Waals surface area (Å²) in [4.78, 5) is 21.8.